The molecule has 1 aromatic rings. The number of hydrogen-bond donors (Lipinski definition) is 0. The van der Waals surface area contributed by atoms with E-state index in [1.54, 1.807) is 7.11 Å². The number of likely N-dealkylation sites (N-methyl/N-ethyl adjacent to an activating group) is 1. The molecule has 0 spiro atoms. The fourth-order valence-electron chi connectivity index (χ4n) is 2.35. The van der Waals surface area contributed by atoms with Crippen LogP contribution in [0.2, 0.25) is 0 Å². The van der Waals surface area contributed by atoms with Gasteiger partial charge in [0.25, 0.3) is 0 Å². The van der Waals surface area contributed by atoms with Crippen LogP contribution in [0, 0.1) is 6.92 Å². The molecule has 0 unspecified atom stereocenters. The van der Waals surface area contributed by atoms with E-state index in [0.29, 0.717) is 0 Å². The second-order valence-electron chi connectivity index (χ2n) is 4.60. The summed E-state index contributed by atoms with van der Waals surface area (Å²) in [6.07, 6.45) is 0. The van der Waals surface area contributed by atoms with E-state index in [0.717, 1.165) is 38.5 Å². The summed E-state index contributed by atoms with van der Waals surface area (Å²) in [5.74, 6) is 0.995. The average molecular weight is 234 g/mol. The Kier molecular flexibility index (Phi) is 3.89. The van der Waals surface area contributed by atoms with Crippen LogP contribution in [0.5, 0.6) is 5.75 Å². The highest BCUT2D eigenvalue weighted by Gasteiger charge is 2.18. The highest BCUT2D eigenvalue weighted by atomic mass is 16.5. The molecule has 1 aromatic carbocycles. The molecule has 0 atom stereocenters. The highest BCUT2D eigenvalue weighted by molar-refractivity contribution is 5.60. The first-order valence-corrected chi connectivity index (χ1v) is 6.36. The van der Waals surface area contributed by atoms with E-state index in [-0.39, 0.29) is 0 Å². The fraction of sp³-hybridized carbons (Fsp3) is 0.571. The Balaban J connectivity index is 2.12. The van der Waals surface area contributed by atoms with Gasteiger partial charge in [-0.3, -0.25) is 0 Å². The zero-order valence-electron chi connectivity index (χ0n) is 11.1. The van der Waals surface area contributed by atoms with Crippen LogP contribution in [-0.4, -0.2) is 44.7 Å². The van der Waals surface area contributed by atoms with Crippen molar-refractivity contribution in [3.05, 3.63) is 23.8 Å². The van der Waals surface area contributed by atoms with Gasteiger partial charge >= 0.3 is 0 Å². The molecule has 1 heterocycles. The van der Waals surface area contributed by atoms with E-state index in [1.807, 2.05) is 0 Å². The van der Waals surface area contributed by atoms with Crippen molar-refractivity contribution in [2.24, 2.45) is 0 Å². The standard InChI is InChI=1S/C14H22N2O/c1-4-15-7-9-16(10-8-15)13-6-5-12(2)11-14(13)17-3/h5-6,11H,4,7-10H2,1-3H3. The first-order valence-electron chi connectivity index (χ1n) is 6.36. The Morgan fingerprint density at radius 3 is 2.47 bits per heavy atom. The number of benzene rings is 1. The molecule has 0 bridgehead atoms. The molecule has 0 radical (unpaired) electrons. The van der Waals surface area contributed by atoms with Crippen molar-refractivity contribution in [2.75, 3.05) is 44.7 Å². The summed E-state index contributed by atoms with van der Waals surface area (Å²) >= 11 is 0. The summed E-state index contributed by atoms with van der Waals surface area (Å²) in [4.78, 5) is 4.90. The number of methoxy groups -OCH3 is 1. The molecule has 0 aromatic heterocycles. The lowest BCUT2D eigenvalue weighted by Gasteiger charge is -2.36. The summed E-state index contributed by atoms with van der Waals surface area (Å²) in [7, 11) is 1.75. The molecule has 1 aliphatic rings. The minimum Gasteiger partial charge on any atom is -0.495 e. The second-order valence-corrected chi connectivity index (χ2v) is 4.60. The zero-order chi connectivity index (χ0) is 12.3. The third kappa shape index (κ3) is 2.72. The molecule has 1 aliphatic heterocycles. The Labute approximate surface area is 104 Å². The van der Waals surface area contributed by atoms with Crippen LogP contribution in [0.15, 0.2) is 18.2 Å². The van der Waals surface area contributed by atoms with Gasteiger partial charge in [-0.25, -0.2) is 0 Å². The van der Waals surface area contributed by atoms with Crippen molar-refractivity contribution in [3.8, 4) is 5.75 Å². The van der Waals surface area contributed by atoms with E-state index < -0.39 is 0 Å². The lowest BCUT2D eigenvalue weighted by molar-refractivity contribution is 0.270. The van der Waals surface area contributed by atoms with Gasteiger partial charge in [-0.15, -0.1) is 0 Å². The van der Waals surface area contributed by atoms with Crippen molar-refractivity contribution in [1.82, 2.24) is 4.90 Å². The summed E-state index contributed by atoms with van der Waals surface area (Å²) < 4.78 is 5.48. The molecule has 0 amide bonds. The monoisotopic (exact) mass is 234 g/mol. The van der Waals surface area contributed by atoms with Gasteiger partial charge in [-0.05, 0) is 31.2 Å². The molecule has 2 rings (SSSR count). The average Bonchev–Trinajstić information content (AvgIpc) is 2.39. The van der Waals surface area contributed by atoms with Crippen LogP contribution in [0.4, 0.5) is 5.69 Å². The molecule has 94 valence electrons. The summed E-state index contributed by atoms with van der Waals surface area (Å²) in [6.45, 7) is 9.95. The number of aryl methyl sites for hydroxylation is 1. The number of ether oxygens (including phenoxy) is 1. The Morgan fingerprint density at radius 1 is 1.18 bits per heavy atom. The summed E-state index contributed by atoms with van der Waals surface area (Å²) in [6, 6.07) is 6.45. The van der Waals surface area contributed by atoms with E-state index in [9.17, 15) is 0 Å². The molecule has 1 saturated heterocycles. The third-order valence-corrected chi connectivity index (χ3v) is 3.50. The van der Waals surface area contributed by atoms with Crippen molar-refractivity contribution in [2.45, 2.75) is 13.8 Å². The largest absolute Gasteiger partial charge is 0.495 e. The highest BCUT2D eigenvalue weighted by Crippen LogP contribution is 2.29. The van der Waals surface area contributed by atoms with Crippen LogP contribution < -0.4 is 9.64 Å². The van der Waals surface area contributed by atoms with Crippen molar-refractivity contribution in [3.63, 3.8) is 0 Å². The Morgan fingerprint density at radius 2 is 1.88 bits per heavy atom. The van der Waals surface area contributed by atoms with Gasteiger partial charge in [0, 0.05) is 26.2 Å². The van der Waals surface area contributed by atoms with E-state index in [1.165, 1.54) is 11.3 Å². The van der Waals surface area contributed by atoms with Crippen LogP contribution in [0.25, 0.3) is 0 Å². The first-order chi connectivity index (χ1) is 8.24. The number of hydrogen-bond acceptors (Lipinski definition) is 3. The SMILES string of the molecule is CCN1CCN(c2ccc(C)cc2OC)CC1. The molecule has 0 aliphatic carbocycles. The molecular weight excluding hydrogens is 212 g/mol. The number of anilines is 1. The van der Waals surface area contributed by atoms with E-state index in [2.05, 4.69) is 41.8 Å². The predicted octanol–water partition coefficient (Wildman–Crippen LogP) is 2.15. The smallest absolute Gasteiger partial charge is 0.142 e. The Hall–Kier alpha value is -1.22. The number of rotatable bonds is 3. The van der Waals surface area contributed by atoms with Crippen LogP contribution >= 0.6 is 0 Å². The minimum atomic E-state index is 0.995. The van der Waals surface area contributed by atoms with Gasteiger partial charge in [0.05, 0.1) is 12.8 Å². The van der Waals surface area contributed by atoms with Gasteiger partial charge in [0.15, 0.2) is 0 Å². The van der Waals surface area contributed by atoms with Crippen LogP contribution in [-0.2, 0) is 0 Å². The van der Waals surface area contributed by atoms with Gasteiger partial charge < -0.3 is 14.5 Å². The van der Waals surface area contributed by atoms with Crippen LogP contribution in [0.3, 0.4) is 0 Å². The van der Waals surface area contributed by atoms with Crippen molar-refractivity contribution >= 4 is 5.69 Å². The summed E-state index contributed by atoms with van der Waals surface area (Å²) in [5, 5.41) is 0. The van der Waals surface area contributed by atoms with Crippen molar-refractivity contribution in [1.29, 1.82) is 0 Å². The quantitative estimate of drug-likeness (QED) is 0.797. The number of nitrogens with zero attached hydrogens (tertiary/aromatic N) is 2. The van der Waals surface area contributed by atoms with Crippen molar-refractivity contribution < 1.29 is 4.74 Å². The van der Waals surface area contributed by atoms with Gasteiger partial charge in [0.1, 0.15) is 5.75 Å². The van der Waals surface area contributed by atoms with E-state index in [4.69, 9.17) is 4.74 Å². The zero-order valence-corrected chi connectivity index (χ0v) is 11.1. The number of piperazine rings is 1. The Bertz CT molecular complexity index is 370. The summed E-state index contributed by atoms with van der Waals surface area (Å²) in [5.41, 5.74) is 2.48. The maximum Gasteiger partial charge on any atom is 0.142 e. The lowest BCUT2D eigenvalue weighted by atomic mass is 10.1. The normalized spacial score (nSPS) is 17.2. The fourth-order valence-corrected chi connectivity index (χ4v) is 2.35. The maximum atomic E-state index is 5.48. The first kappa shape index (κ1) is 12.2. The predicted molar refractivity (Wildman–Crippen MR) is 72.1 cm³/mol. The topological polar surface area (TPSA) is 15.7 Å². The lowest BCUT2D eigenvalue weighted by Crippen LogP contribution is -2.46. The van der Waals surface area contributed by atoms with Crippen LogP contribution in [0.1, 0.15) is 12.5 Å². The van der Waals surface area contributed by atoms with E-state index >= 15 is 0 Å². The molecule has 0 saturated carbocycles. The maximum absolute atomic E-state index is 5.48. The molecule has 3 nitrogen and oxygen atoms in total. The molecule has 17 heavy (non-hydrogen) atoms. The van der Waals surface area contributed by atoms with Gasteiger partial charge in [-0.1, -0.05) is 13.0 Å². The minimum absolute atomic E-state index is 0.995. The molecular formula is C14H22N2O. The molecule has 1 fully saturated rings. The van der Waals surface area contributed by atoms with Gasteiger partial charge in [-0.2, -0.15) is 0 Å². The van der Waals surface area contributed by atoms with Gasteiger partial charge in [0.2, 0.25) is 0 Å². The second kappa shape index (κ2) is 5.41. The molecule has 0 N–H and O–H groups in total. The molecule has 3 heteroatoms. The third-order valence-electron chi connectivity index (χ3n) is 3.50.